The summed E-state index contributed by atoms with van der Waals surface area (Å²) in [6.45, 7) is 0. The van der Waals surface area contributed by atoms with Crippen LogP contribution in [0.1, 0.15) is 0 Å². The summed E-state index contributed by atoms with van der Waals surface area (Å²) in [6, 6.07) is 19.3. The Hall–Kier alpha value is -4.13. The lowest BCUT2D eigenvalue weighted by Gasteiger charge is -2.07. The molecule has 0 bridgehead atoms. The molecule has 5 aromatic rings. The second kappa shape index (κ2) is 6.55. The third kappa shape index (κ3) is 2.75. The van der Waals surface area contributed by atoms with E-state index in [-0.39, 0.29) is 11.7 Å². The van der Waals surface area contributed by atoms with Crippen LogP contribution in [-0.4, -0.2) is 25.1 Å². The maximum absolute atomic E-state index is 6.04. The van der Waals surface area contributed by atoms with E-state index < -0.39 is 0 Å². The lowest BCUT2D eigenvalue weighted by atomic mass is 10.1. The van der Waals surface area contributed by atoms with Crippen LogP contribution >= 0.6 is 0 Å². The van der Waals surface area contributed by atoms with Crippen LogP contribution < -0.4 is 5.73 Å². The highest BCUT2D eigenvalue weighted by Crippen LogP contribution is 2.30. The highest BCUT2D eigenvalue weighted by molar-refractivity contribution is 5.92. The molecule has 3 heterocycles. The highest BCUT2D eigenvalue weighted by Gasteiger charge is 2.17. The molecule has 0 fully saturated rings. The Kier molecular flexibility index (Phi) is 3.76. The topological polar surface area (TPSA) is 104 Å². The number of nitrogen functional groups attached to an aromatic ring is 1. The molecule has 0 atom stereocenters. The molecule has 0 radical (unpaired) electrons. The number of aromatic nitrogens is 5. The molecule has 7 heteroatoms. The average molecular weight is 366 g/mol. The Bertz CT molecular complexity index is 1280. The molecule has 0 amide bonds. The van der Waals surface area contributed by atoms with Gasteiger partial charge in [0, 0.05) is 22.7 Å². The molecule has 0 aliphatic carbocycles. The van der Waals surface area contributed by atoms with E-state index in [1.807, 2.05) is 60.7 Å². The summed E-state index contributed by atoms with van der Waals surface area (Å²) in [6.07, 6.45) is 3.37. The number of hydrogen-bond acceptors (Lipinski definition) is 7. The van der Waals surface area contributed by atoms with Gasteiger partial charge in [-0.3, -0.25) is 4.98 Å². The van der Waals surface area contributed by atoms with Crippen LogP contribution in [0.15, 0.2) is 77.5 Å². The van der Waals surface area contributed by atoms with Gasteiger partial charge in [-0.05, 0) is 18.2 Å². The van der Waals surface area contributed by atoms with Crippen LogP contribution in [-0.2, 0) is 0 Å². The number of pyridine rings is 1. The van der Waals surface area contributed by atoms with Gasteiger partial charge in [0.25, 0.3) is 5.89 Å². The summed E-state index contributed by atoms with van der Waals surface area (Å²) >= 11 is 0. The predicted octanol–water partition coefficient (Wildman–Crippen LogP) is 3.99. The maximum Gasteiger partial charge on any atom is 0.270 e. The van der Waals surface area contributed by atoms with Gasteiger partial charge in [-0.15, -0.1) is 10.2 Å². The molecule has 0 saturated carbocycles. The highest BCUT2D eigenvalue weighted by atomic mass is 16.4. The number of nitrogens with zero attached hydrogens (tertiary/aromatic N) is 5. The van der Waals surface area contributed by atoms with Crippen molar-refractivity contribution >= 4 is 16.7 Å². The van der Waals surface area contributed by atoms with Crippen LogP contribution in [0.4, 0.5) is 5.82 Å². The van der Waals surface area contributed by atoms with Gasteiger partial charge in [0.2, 0.25) is 5.89 Å². The molecule has 0 saturated heterocycles. The molecular formula is C21H14N6O. The van der Waals surface area contributed by atoms with Crippen LogP contribution in [0, 0.1) is 0 Å². The third-order valence-corrected chi connectivity index (χ3v) is 4.36. The van der Waals surface area contributed by atoms with Crippen molar-refractivity contribution in [2.75, 3.05) is 5.73 Å². The Labute approximate surface area is 159 Å². The minimum Gasteiger partial charge on any atom is -0.414 e. The van der Waals surface area contributed by atoms with E-state index in [1.165, 1.54) is 0 Å². The first kappa shape index (κ1) is 16.1. The van der Waals surface area contributed by atoms with E-state index in [1.54, 1.807) is 12.4 Å². The Morgan fingerprint density at radius 2 is 1.61 bits per heavy atom. The van der Waals surface area contributed by atoms with Crippen molar-refractivity contribution in [3.63, 3.8) is 0 Å². The molecule has 0 aliphatic rings. The summed E-state index contributed by atoms with van der Waals surface area (Å²) in [5.41, 5.74) is 9.54. The zero-order chi connectivity index (χ0) is 18.9. The maximum atomic E-state index is 6.04. The van der Waals surface area contributed by atoms with E-state index in [9.17, 15) is 0 Å². The van der Waals surface area contributed by atoms with Gasteiger partial charge in [0.15, 0.2) is 11.5 Å². The van der Waals surface area contributed by atoms with Gasteiger partial charge in [-0.2, -0.15) is 0 Å². The van der Waals surface area contributed by atoms with Crippen LogP contribution in [0.2, 0.25) is 0 Å². The first-order valence-corrected chi connectivity index (χ1v) is 8.65. The normalized spacial score (nSPS) is 11.0. The summed E-state index contributed by atoms with van der Waals surface area (Å²) < 4.78 is 5.79. The Morgan fingerprint density at radius 1 is 0.786 bits per heavy atom. The lowest BCUT2D eigenvalue weighted by Crippen LogP contribution is -1.99. The molecule has 0 aliphatic heterocycles. The first-order chi connectivity index (χ1) is 13.8. The van der Waals surface area contributed by atoms with Gasteiger partial charge in [-0.25, -0.2) is 9.97 Å². The number of anilines is 1. The molecular weight excluding hydrogens is 352 g/mol. The monoisotopic (exact) mass is 366 g/mol. The van der Waals surface area contributed by atoms with Crippen molar-refractivity contribution in [2.24, 2.45) is 0 Å². The molecule has 0 unspecified atom stereocenters. The number of benzene rings is 2. The van der Waals surface area contributed by atoms with Crippen molar-refractivity contribution in [3.8, 4) is 34.3 Å². The number of fused-ring (bicyclic) bond motifs is 1. The minimum atomic E-state index is 0.221. The summed E-state index contributed by atoms with van der Waals surface area (Å²) in [5.74, 6) is 0.841. The van der Waals surface area contributed by atoms with Gasteiger partial charge < -0.3 is 10.2 Å². The second-order valence-corrected chi connectivity index (χ2v) is 6.15. The third-order valence-electron chi connectivity index (χ3n) is 4.36. The zero-order valence-corrected chi connectivity index (χ0v) is 14.6. The minimum absolute atomic E-state index is 0.221. The standard InChI is InChI=1S/C21H14N6O/c22-19-18(21-27-26-20(28-21)14-6-2-1-3-7-14)25-16(12-24-19)15-10-4-8-13-9-5-11-23-17(13)15/h1-12H,(H2,22,24). The number of hydrogen-bond donors (Lipinski definition) is 1. The molecule has 2 N–H and O–H groups in total. The molecule has 134 valence electrons. The first-order valence-electron chi connectivity index (χ1n) is 8.65. The summed E-state index contributed by atoms with van der Waals surface area (Å²) in [4.78, 5) is 13.4. The van der Waals surface area contributed by atoms with Crippen molar-refractivity contribution < 1.29 is 4.42 Å². The van der Waals surface area contributed by atoms with E-state index in [4.69, 9.17) is 10.2 Å². The van der Waals surface area contributed by atoms with Crippen molar-refractivity contribution in [2.45, 2.75) is 0 Å². The van der Waals surface area contributed by atoms with Crippen molar-refractivity contribution in [1.29, 1.82) is 0 Å². The average Bonchev–Trinajstić information content (AvgIpc) is 3.24. The largest absolute Gasteiger partial charge is 0.414 e. The van der Waals surface area contributed by atoms with Crippen LogP contribution in [0.25, 0.3) is 45.2 Å². The summed E-state index contributed by atoms with van der Waals surface area (Å²) in [5, 5.41) is 9.23. The van der Waals surface area contributed by atoms with E-state index >= 15 is 0 Å². The van der Waals surface area contributed by atoms with Gasteiger partial charge >= 0.3 is 0 Å². The van der Waals surface area contributed by atoms with Gasteiger partial charge in [0.1, 0.15) is 0 Å². The van der Waals surface area contributed by atoms with Crippen molar-refractivity contribution in [1.82, 2.24) is 25.1 Å². The fraction of sp³-hybridized carbons (Fsp3) is 0. The van der Waals surface area contributed by atoms with Gasteiger partial charge in [0.05, 0.1) is 17.4 Å². The molecule has 28 heavy (non-hydrogen) atoms. The lowest BCUT2D eigenvalue weighted by molar-refractivity contribution is 0.582. The van der Waals surface area contributed by atoms with E-state index in [2.05, 4.69) is 25.1 Å². The number of rotatable bonds is 3. The Morgan fingerprint density at radius 3 is 2.50 bits per heavy atom. The second-order valence-electron chi connectivity index (χ2n) is 6.15. The fourth-order valence-electron chi connectivity index (χ4n) is 3.01. The quantitative estimate of drug-likeness (QED) is 0.515. The fourth-order valence-corrected chi connectivity index (χ4v) is 3.01. The number of para-hydroxylation sites is 1. The predicted molar refractivity (Wildman–Crippen MR) is 106 cm³/mol. The van der Waals surface area contributed by atoms with Crippen molar-refractivity contribution in [3.05, 3.63) is 73.1 Å². The molecule has 0 spiro atoms. The van der Waals surface area contributed by atoms with E-state index in [0.29, 0.717) is 17.3 Å². The molecule has 3 aromatic heterocycles. The zero-order valence-electron chi connectivity index (χ0n) is 14.6. The Balaban J connectivity index is 1.62. The SMILES string of the molecule is Nc1ncc(-c2cccc3cccnc23)nc1-c1nnc(-c2ccccc2)o1. The summed E-state index contributed by atoms with van der Waals surface area (Å²) in [7, 11) is 0. The van der Waals surface area contributed by atoms with Crippen LogP contribution in [0.3, 0.4) is 0 Å². The van der Waals surface area contributed by atoms with Crippen LogP contribution in [0.5, 0.6) is 0 Å². The van der Waals surface area contributed by atoms with Gasteiger partial charge in [-0.1, -0.05) is 42.5 Å². The number of nitrogens with two attached hydrogens (primary N) is 1. The smallest absolute Gasteiger partial charge is 0.270 e. The molecule has 5 rings (SSSR count). The van der Waals surface area contributed by atoms with E-state index in [0.717, 1.165) is 22.0 Å². The molecule has 7 nitrogen and oxygen atoms in total. The molecule has 2 aromatic carbocycles.